The SMILES string of the molecule is CC(N)C(Oc1ccc2c(c1)CCCC2)c1ccncc1. The summed E-state index contributed by atoms with van der Waals surface area (Å²) in [5.74, 6) is 0.912. The minimum atomic E-state index is -0.144. The van der Waals surface area contributed by atoms with Crippen LogP contribution in [0.15, 0.2) is 42.7 Å². The zero-order valence-corrected chi connectivity index (χ0v) is 12.5. The number of ether oxygens (including phenoxy) is 1. The molecule has 3 rings (SSSR count). The Balaban J connectivity index is 1.83. The van der Waals surface area contributed by atoms with E-state index in [0.717, 1.165) is 17.7 Å². The fourth-order valence-electron chi connectivity index (χ4n) is 2.96. The van der Waals surface area contributed by atoms with Gasteiger partial charge in [0.25, 0.3) is 0 Å². The average molecular weight is 282 g/mol. The molecule has 2 aromatic rings. The molecule has 2 unspecified atom stereocenters. The van der Waals surface area contributed by atoms with Crippen molar-refractivity contribution in [1.82, 2.24) is 4.98 Å². The van der Waals surface area contributed by atoms with Crippen molar-refractivity contribution in [3.8, 4) is 5.75 Å². The number of pyridine rings is 1. The number of hydrogen-bond acceptors (Lipinski definition) is 3. The van der Waals surface area contributed by atoms with E-state index in [0.29, 0.717) is 0 Å². The van der Waals surface area contributed by atoms with Crippen molar-refractivity contribution in [1.29, 1.82) is 0 Å². The number of aromatic nitrogens is 1. The molecule has 0 saturated carbocycles. The molecule has 21 heavy (non-hydrogen) atoms. The Hall–Kier alpha value is -1.87. The van der Waals surface area contributed by atoms with Gasteiger partial charge in [-0.2, -0.15) is 0 Å². The van der Waals surface area contributed by atoms with Crippen molar-refractivity contribution >= 4 is 0 Å². The standard InChI is InChI=1S/C18H22N2O/c1-13(19)18(15-8-10-20-11-9-15)21-17-7-6-14-4-2-3-5-16(14)12-17/h6-13,18H,2-5,19H2,1H3. The molecule has 0 saturated heterocycles. The molecule has 1 aliphatic carbocycles. The number of fused-ring (bicyclic) bond motifs is 1. The molecule has 3 heteroatoms. The van der Waals surface area contributed by atoms with Gasteiger partial charge in [0, 0.05) is 18.4 Å². The fraction of sp³-hybridized carbons (Fsp3) is 0.389. The highest BCUT2D eigenvalue weighted by molar-refractivity contribution is 5.37. The largest absolute Gasteiger partial charge is 0.484 e. The highest BCUT2D eigenvalue weighted by atomic mass is 16.5. The van der Waals surface area contributed by atoms with E-state index in [-0.39, 0.29) is 12.1 Å². The summed E-state index contributed by atoms with van der Waals surface area (Å²) >= 11 is 0. The topological polar surface area (TPSA) is 48.1 Å². The van der Waals surface area contributed by atoms with Gasteiger partial charge in [0.2, 0.25) is 0 Å². The molecule has 0 bridgehead atoms. The first-order chi connectivity index (χ1) is 10.2. The van der Waals surface area contributed by atoms with Gasteiger partial charge in [-0.3, -0.25) is 4.98 Å². The molecule has 2 atom stereocenters. The van der Waals surface area contributed by atoms with Crippen LogP contribution in [0.25, 0.3) is 0 Å². The molecule has 0 aliphatic heterocycles. The van der Waals surface area contributed by atoms with Crippen LogP contribution >= 0.6 is 0 Å². The van der Waals surface area contributed by atoms with Gasteiger partial charge in [-0.05, 0) is 73.6 Å². The van der Waals surface area contributed by atoms with Crippen LogP contribution in [-0.2, 0) is 12.8 Å². The number of aryl methyl sites for hydroxylation is 2. The second kappa shape index (κ2) is 6.27. The van der Waals surface area contributed by atoms with Gasteiger partial charge in [-0.1, -0.05) is 6.07 Å². The van der Waals surface area contributed by atoms with Crippen molar-refractivity contribution in [2.24, 2.45) is 5.73 Å². The summed E-state index contributed by atoms with van der Waals surface area (Å²) in [6, 6.07) is 10.3. The van der Waals surface area contributed by atoms with E-state index in [1.807, 2.05) is 19.1 Å². The van der Waals surface area contributed by atoms with Crippen molar-refractivity contribution in [3.05, 3.63) is 59.4 Å². The minimum Gasteiger partial charge on any atom is -0.484 e. The molecule has 0 fully saturated rings. The third kappa shape index (κ3) is 3.24. The molecular formula is C18H22N2O. The summed E-state index contributed by atoms with van der Waals surface area (Å²) in [6.07, 6.45) is 8.34. The molecule has 1 aliphatic rings. The Labute approximate surface area is 126 Å². The second-order valence-corrected chi connectivity index (χ2v) is 5.82. The van der Waals surface area contributed by atoms with Crippen LogP contribution in [0.1, 0.15) is 42.6 Å². The van der Waals surface area contributed by atoms with Gasteiger partial charge in [0.1, 0.15) is 11.9 Å². The third-order valence-electron chi connectivity index (χ3n) is 4.10. The minimum absolute atomic E-state index is 0.0802. The van der Waals surface area contributed by atoms with Crippen LogP contribution in [0.3, 0.4) is 0 Å². The second-order valence-electron chi connectivity index (χ2n) is 5.82. The van der Waals surface area contributed by atoms with Crippen LogP contribution in [0.5, 0.6) is 5.75 Å². The van der Waals surface area contributed by atoms with E-state index in [2.05, 4.69) is 23.2 Å². The zero-order chi connectivity index (χ0) is 14.7. The van der Waals surface area contributed by atoms with Gasteiger partial charge in [0.15, 0.2) is 0 Å². The fourth-order valence-corrected chi connectivity index (χ4v) is 2.96. The molecule has 1 aromatic carbocycles. The molecule has 2 N–H and O–H groups in total. The van der Waals surface area contributed by atoms with Crippen molar-refractivity contribution in [2.45, 2.75) is 44.8 Å². The van der Waals surface area contributed by atoms with Crippen molar-refractivity contribution in [3.63, 3.8) is 0 Å². The van der Waals surface area contributed by atoms with Crippen LogP contribution < -0.4 is 10.5 Å². The third-order valence-corrected chi connectivity index (χ3v) is 4.10. The number of rotatable bonds is 4. The maximum absolute atomic E-state index is 6.18. The molecule has 1 heterocycles. The number of nitrogens with zero attached hydrogens (tertiary/aromatic N) is 1. The molecule has 0 radical (unpaired) electrons. The molecule has 3 nitrogen and oxygen atoms in total. The number of hydrogen-bond donors (Lipinski definition) is 1. The van der Waals surface area contributed by atoms with Crippen molar-refractivity contribution in [2.75, 3.05) is 0 Å². The Morgan fingerprint density at radius 1 is 1.05 bits per heavy atom. The normalized spacial score (nSPS) is 16.9. The molecule has 0 spiro atoms. The predicted octanol–water partition coefficient (Wildman–Crippen LogP) is 3.43. The monoisotopic (exact) mass is 282 g/mol. The van der Waals surface area contributed by atoms with Gasteiger partial charge in [0.05, 0.1) is 0 Å². The van der Waals surface area contributed by atoms with Crippen LogP contribution in [0.2, 0.25) is 0 Å². The lowest BCUT2D eigenvalue weighted by atomic mass is 9.92. The summed E-state index contributed by atoms with van der Waals surface area (Å²) < 4.78 is 6.18. The van der Waals surface area contributed by atoms with Gasteiger partial charge >= 0.3 is 0 Å². The molecular weight excluding hydrogens is 260 g/mol. The van der Waals surface area contributed by atoms with E-state index in [1.165, 1.54) is 30.4 Å². The lowest BCUT2D eigenvalue weighted by Crippen LogP contribution is -2.29. The van der Waals surface area contributed by atoms with Crippen LogP contribution in [-0.4, -0.2) is 11.0 Å². The Bertz CT molecular complexity index is 595. The Morgan fingerprint density at radius 3 is 2.48 bits per heavy atom. The van der Waals surface area contributed by atoms with E-state index < -0.39 is 0 Å². The molecule has 0 amide bonds. The molecule has 110 valence electrons. The summed E-state index contributed by atoms with van der Waals surface area (Å²) in [5.41, 5.74) is 10.1. The Kier molecular flexibility index (Phi) is 4.20. The smallest absolute Gasteiger partial charge is 0.139 e. The predicted molar refractivity (Wildman–Crippen MR) is 84.3 cm³/mol. The summed E-state index contributed by atoms with van der Waals surface area (Å²) in [4.78, 5) is 4.06. The first-order valence-corrected chi connectivity index (χ1v) is 7.68. The zero-order valence-electron chi connectivity index (χ0n) is 12.5. The quantitative estimate of drug-likeness (QED) is 0.934. The lowest BCUT2D eigenvalue weighted by Gasteiger charge is -2.24. The van der Waals surface area contributed by atoms with Gasteiger partial charge in [-0.15, -0.1) is 0 Å². The summed E-state index contributed by atoms with van der Waals surface area (Å²) in [5, 5.41) is 0. The maximum Gasteiger partial charge on any atom is 0.139 e. The first-order valence-electron chi connectivity index (χ1n) is 7.68. The van der Waals surface area contributed by atoms with E-state index in [1.54, 1.807) is 12.4 Å². The van der Waals surface area contributed by atoms with Crippen LogP contribution in [0.4, 0.5) is 0 Å². The van der Waals surface area contributed by atoms with E-state index in [4.69, 9.17) is 10.5 Å². The van der Waals surface area contributed by atoms with Gasteiger partial charge in [-0.25, -0.2) is 0 Å². The first kappa shape index (κ1) is 14.1. The summed E-state index contributed by atoms with van der Waals surface area (Å²) in [6.45, 7) is 1.98. The average Bonchev–Trinajstić information content (AvgIpc) is 2.53. The highest BCUT2D eigenvalue weighted by Crippen LogP contribution is 2.29. The maximum atomic E-state index is 6.18. The van der Waals surface area contributed by atoms with E-state index in [9.17, 15) is 0 Å². The summed E-state index contributed by atoms with van der Waals surface area (Å²) in [7, 11) is 0. The van der Waals surface area contributed by atoms with Crippen LogP contribution in [0, 0.1) is 0 Å². The van der Waals surface area contributed by atoms with E-state index >= 15 is 0 Å². The Morgan fingerprint density at radius 2 is 1.76 bits per heavy atom. The highest BCUT2D eigenvalue weighted by Gasteiger charge is 2.19. The molecule has 1 aromatic heterocycles. The number of nitrogens with two attached hydrogens (primary N) is 1. The van der Waals surface area contributed by atoms with Gasteiger partial charge < -0.3 is 10.5 Å². The number of benzene rings is 1. The van der Waals surface area contributed by atoms with Crippen molar-refractivity contribution < 1.29 is 4.74 Å². The lowest BCUT2D eigenvalue weighted by molar-refractivity contribution is 0.180.